The van der Waals surface area contributed by atoms with Gasteiger partial charge in [-0.3, -0.25) is 9.40 Å². The van der Waals surface area contributed by atoms with Crippen molar-refractivity contribution in [3.8, 4) is 23.0 Å². The minimum absolute atomic E-state index is 0.0215. The molecule has 11 nitrogen and oxygen atoms in total. The highest BCUT2D eigenvalue weighted by molar-refractivity contribution is 7.92. The zero-order valence-electron chi connectivity index (χ0n) is 30.6. The number of hydrogen-bond donors (Lipinski definition) is 3. The largest absolute Gasteiger partial charge is 0.435 e. The molecule has 0 bridgehead atoms. The van der Waals surface area contributed by atoms with Gasteiger partial charge in [0.2, 0.25) is 10.0 Å². The average molecular weight is 818 g/mol. The average Bonchev–Trinajstić information content (AvgIpc) is 3.68. The number of pyridine rings is 1. The number of sulfonamides is 1. The number of fused-ring (bicyclic) bond motifs is 4. The van der Waals surface area contributed by atoms with Crippen molar-refractivity contribution in [2.24, 2.45) is 18.4 Å². The molecule has 3 heterocycles. The Morgan fingerprint density at radius 3 is 2.37 bits per heavy atom. The second kappa shape index (κ2) is 13.9. The van der Waals surface area contributed by atoms with Crippen LogP contribution in [-0.4, -0.2) is 57.0 Å². The molecule has 3 aromatic heterocycles. The summed E-state index contributed by atoms with van der Waals surface area (Å²) in [5.41, 5.74) is -3.58. The normalized spacial score (nSPS) is 18.0. The molecule has 3 N–H and O–H groups in total. The molecule has 1 saturated carbocycles. The van der Waals surface area contributed by atoms with Crippen LogP contribution >= 0.6 is 0 Å². The number of amides is 1. The van der Waals surface area contributed by atoms with Gasteiger partial charge in [0.15, 0.2) is 11.5 Å². The maximum atomic E-state index is 15.8. The van der Waals surface area contributed by atoms with Crippen molar-refractivity contribution in [3.63, 3.8) is 0 Å². The molecule has 2 aliphatic carbocycles. The first kappa shape index (κ1) is 39.7. The molecule has 0 aliphatic heterocycles. The van der Waals surface area contributed by atoms with E-state index in [9.17, 15) is 40.3 Å². The van der Waals surface area contributed by atoms with Crippen LogP contribution in [-0.2, 0) is 35.6 Å². The van der Waals surface area contributed by atoms with Crippen LogP contribution in [0.1, 0.15) is 72.6 Å². The number of anilines is 1. The molecule has 0 unspecified atom stereocenters. The summed E-state index contributed by atoms with van der Waals surface area (Å²) < 4.78 is 132. The van der Waals surface area contributed by atoms with Gasteiger partial charge < -0.3 is 10.4 Å². The summed E-state index contributed by atoms with van der Waals surface area (Å²) in [7, 11) is -2.27. The van der Waals surface area contributed by atoms with Crippen molar-refractivity contribution in [3.05, 3.63) is 94.1 Å². The molecular weight excluding hydrogens is 784 g/mol. The number of aliphatic hydroxyl groups is 1. The predicted molar refractivity (Wildman–Crippen MR) is 193 cm³/mol. The lowest BCUT2D eigenvalue weighted by Crippen LogP contribution is -2.39. The summed E-state index contributed by atoms with van der Waals surface area (Å²) in [5, 5.41) is 20.3. The molecule has 1 fully saturated rings. The molecule has 7 rings (SSSR count). The van der Waals surface area contributed by atoms with Crippen LogP contribution in [0.2, 0.25) is 0 Å². The van der Waals surface area contributed by atoms with Gasteiger partial charge in [0.25, 0.3) is 5.92 Å². The number of carbonyl (C=O) groups is 1. The smallest absolute Gasteiger partial charge is 0.395 e. The second-order valence-corrected chi connectivity index (χ2v) is 16.6. The molecule has 300 valence electrons. The number of aryl methyl sites for hydroxylation is 1. The summed E-state index contributed by atoms with van der Waals surface area (Å²) in [6.45, 7) is 2.98. The number of aliphatic hydroxyl groups excluding tert-OH is 1. The van der Waals surface area contributed by atoms with E-state index in [1.165, 1.54) is 23.9 Å². The van der Waals surface area contributed by atoms with Gasteiger partial charge in [0.1, 0.15) is 23.0 Å². The molecule has 1 amide bonds. The fourth-order valence-corrected chi connectivity index (χ4v) is 7.92. The quantitative estimate of drug-likeness (QED) is 0.113. The van der Waals surface area contributed by atoms with Crippen LogP contribution in [0, 0.1) is 34.8 Å². The van der Waals surface area contributed by atoms with Crippen molar-refractivity contribution in [2.75, 3.05) is 17.6 Å². The molecule has 5 aromatic rings. The van der Waals surface area contributed by atoms with E-state index in [-0.39, 0.29) is 52.5 Å². The Morgan fingerprint density at radius 1 is 1.05 bits per heavy atom. The first-order valence-electron chi connectivity index (χ1n) is 17.5. The number of para-hydroxylation sites is 1. The summed E-state index contributed by atoms with van der Waals surface area (Å²) in [6, 6.07) is 7.32. The summed E-state index contributed by atoms with van der Waals surface area (Å²) in [5.74, 6) is -2.73. The third-order valence-corrected chi connectivity index (χ3v) is 10.6. The molecular formula is C38H34F7N7O4S. The number of halogens is 7. The Bertz CT molecular complexity index is 2610. The summed E-state index contributed by atoms with van der Waals surface area (Å²) in [4.78, 5) is 18.9. The van der Waals surface area contributed by atoms with Gasteiger partial charge >= 0.3 is 12.2 Å². The van der Waals surface area contributed by atoms with Crippen LogP contribution in [0.4, 0.5) is 41.3 Å². The second-order valence-electron chi connectivity index (χ2n) is 14.9. The van der Waals surface area contributed by atoms with Gasteiger partial charge in [0.05, 0.1) is 30.1 Å². The monoisotopic (exact) mass is 817 g/mol. The van der Waals surface area contributed by atoms with Crippen LogP contribution < -0.4 is 10.0 Å². The standard InChI is InChI=1S/C38H34F7N7O4S/c1-36(2,18-53)13-12-22-8-9-23(24-6-5-7-26-31(24)51(3)49-34(26)50-57(4,55)56)30(46-22)28(16-19-14-20(39)17-21(40)15-19)47-35(54)52-33-29(32(48-52)38(43,44)45)25-10-11-27(25)37(33,41)42/h5-9,14-15,17,25,27-28,53H,10-11,16,18H2,1-4H3,(H,47,54)(H,49,50)/t25-,27+,28-/m0/s1. The molecule has 57 heavy (non-hydrogen) atoms. The fraction of sp³-hybridized carbons (Fsp3) is 0.368. The summed E-state index contributed by atoms with van der Waals surface area (Å²) in [6.07, 6.45) is -4.72. The van der Waals surface area contributed by atoms with Gasteiger partial charge in [-0.1, -0.05) is 18.1 Å². The van der Waals surface area contributed by atoms with Crippen molar-refractivity contribution in [1.82, 2.24) is 29.9 Å². The molecule has 2 aliphatic rings. The number of benzene rings is 2. The lowest BCUT2D eigenvalue weighted by Gasteiger charge is -2.34. The molecule has 0 saturated heterocycles. The SMILES string of the molecule is Cn1nc(NS(C)(=O)=O)c2cccc(-c3ccc(C#CC(C)(C)CO)nc3[C@H](Cc3cc(F)cc(F)c3)NC(=O)n3nc(C(F)(F)F)c4c3C(F)(F)[C@@H]3CC[C@H]43)c21. The van der Waals surface area contributed by atoms with Gasteiger partial charge in [-0.05, 0) is 80.8 Å². The minimum atomic E-state index is -5.18. The topological polar surface area (TPSA) is 144 Å². The Morgan fingerprint density at radius 2 is 1.75 bits per heavy atom. The van der Waals surface area contributed by atoms with E-state index in [1.54, 1.807) is 32.0 Å². The van der Waals surface area contributed by atoms with E-state index >= 15 is 8.78 Å². The zero-order valence-corrected chi connectivity index (χ0v) is 31.5. The molecule has 2 aromatic carbocycles. The number of rotatable bonds is 8. The van der Waals surface area contributed by atoms with E-state index in [4.69, 9.17) is 4.98 Å². The maximum Gasteiger partial charge on any atom is 0.435 e. The Kier molecular flexibility index (Phi) is 9.67. The summed E-state index contributed by atoms with van der Waals surface area (Å²) >= 11 is 0. The number of alkyl halides is 5. The van der Waals surface area contributed by atoms with Gasteiger partial charge in [0, 0.05) is 46.5 Å². The number of hydrogen-bond acceptors (Lipinski definition) is 7. The molecule has 3 atom stereocenters. The predicted octanol–water partition coefficient (Wildman–Crippen LogP) is 7.01. The van der Waals surface area contributed by atoms with Crippen LogP contribution in [0.3, 0.4) is 0 Å². The number of carbonyl (C=O) groups excluding carboxylic acids is 1. The van der Waals surface area contributed by atoms with Crippen LogP contribution in [0.5, 0.6) is 0 Å². The maximum absolute atomic E-state index is 15.8. The van der Waals surface area contributed by atoms with Crippen LogP contribution in [0.15, 0.2) is 48.5 Å². The highest BCUT2D eigenvalue weighted by Gasteiger charge is 2.64. The number of nitrogens with zero attached hydrogens (tertiary/aromatic N) is 5. The van der Waals surface area contributed by atoms with E-state index in [0.717, 1.165) is 18.4 Å². The highest BCUT2D eigenvalue weighted by atomic mass is 32.2. The molecule has 0 spiro atoms. The number of aromatic nitrogens is 5. The Balaban J connectivity index is 1.44. The third-order valence-electron chi connectivity index (χ3n) is 10.1. The van der Waals surface area contributed by atoms with Gasteiger partial charge in [-0.15, -0.1) is 0 Å². The zero-order chi connectivity index (χ0) is 41.4. The van der Waals surface area contributed by atoms with E-state index in [2.05, 4.69) is 32.1 Å². The Hall–Kier alpha value is -5.48. The highest BCUT2D eigenvalue weighted by Crippen LogP contribution is 2.64. The molecule has 0 radical (unpaired) electrons. The van der Waals surface area contributed by atoms with Gasteiger partial charge in [-0.2, -0.15) is 36.8 Å². The van der Waals surface area contributed by atoms with Crippen LogP contribution in [0.25, 0.3) is 22.0 Å². The first-order valence-corrected chi connectivity index (χ1v) is 19.4. The van der Waals surface area contributed by atoms with E-state index < -0.39 is 86.5 Å². The van der Waals surface area contributed by atoms with Crippen molar-refractivity contribution < 1.29 is 49.1 Å². The van der Waals surface area contributed by atoms with E-state index in [1.807, 2.05) is 0 Å². The Labute approximate surface area is 321 Å². The lowest BCUT2D eigenvalue weighted by molar-refractivity contribution is -0.143. The van der Waals surface area contributed by atoms with Crippen molar-refractivity contribution in [1.29, 1.82) is 0 Å². The molecule has 19 heteroatoms. The minimum Gasteiger partial charge on any atom is -0.395 e. The lowest BCUT2D eigenvalue weighted by atomic mass is 9.73. The first-order chi connectivity index (χ1) is 26.6. The van der Waals surface area contributed by atoms with Gasteiger partial charge in [-0.25, -0.2) is 27.0 Å². The van der Waals surface area contributed by atoms with Crippen molar-refractivity contribution >= 4 is 32.8 Å². The number of nitrogens with one attached hydrogen (secondary N) is 2. The van der Waals surface area contributed by atoms with Crippen molar-refractivity contribution in [2.45, 2.75) is 57.2 Å². The fourth-order valence-electron chi connectivity index (χ4n) is 7.42. The third kappa shape index (κ3) is 7.43. The van der Waals surface area contributed by atoms with E-state index in [0.29, 0.717) is 22.5 Å².